The van der Waals surface area contributed by atoms with Gasteiger partial charge in [0, 0.05) is 45.9 Å². The van der Waals surface area contributed by atoms with E-state index in [-0.39, 0.29) is 0 Å². The highest BCUT2D eigenvalue weighted by Crippen LogP contribution is 2.57. The van der Waals surface area contributed by atoms with Crippen molar-refractivity contribution < 1.29 is 0 Å². The standard InChI is InChI=1S/C32H32NS/c1-4-23-20(3)33-28-13-9-8-12-22(28)18-29(33)30-25(23)15-17-27-26-16-14-24(21-10-6-5-7-11-21)19(2)31(26)34-32(27)30/h5-20,23-24,27,29,32H,4H2,1-3H3/q+1. The molecule has 0 spiro atoms. The smallest absolute Gasteiger partial charge is 0.208 e. The van der Waals surface area contributed by atoms with Crippen molar-refractivity contribution in [3.8, 4) is 0 Å². The molecular weight excluding hydrogens is 430 g/mol. The van der Waals surface area contributed by atoms with Gasteiger partial charge in [0.2, 0.25) is 5.36 Å². The molecule has 7 atom stereocenters. The van der Waals surface area contributed by atoms with Crippen molar-refractivity contribution in [3.05, 3.63) is 117 Å². The highest BCUT2D eigenvalue weighted by atomic mass is 32.2. The number of para-hydroxylation sites is 1. The van der Waals surface area contributed by atoms with Crippen LogP contribution >= 0.6 is 11.8 Å². The van der Waals surface area contributed by atoms with Crippen molar-refractivity contribution >= 4 is 17.8 Å². The molecule has 3 aliphatic heterocycles. The molecule has 3 heterocycles. The SMILES string of the molecule is CCC1C2=C(C3SC4=C(C=CC(c5ccccc5)C4C)C3C=C2)C2C=c3ccccc3=[N+]2C1C. The summed E-state index contributed by atoms with van der Waals surface area (Å²) in [6.45, 7) is 7.26. The van der Waals surface area contributed by atoms with Crippen molar-refractivity contribution in [1.29, 1.82) is 0 Å². The Kier molecular flexibility index (Phi) is 4.71. The third-order valence-corrected chi connectivity index (χ3v) is 10.7. The molecular formula is C32H32NS+. The molecule has 2 aromatic carbocycles. The fraction of sp³-hybridized carbons (Fsp3) is 0.344. The van der Waals surface area contributed by atoms with Crippen molar-refractivity contribution in [2.75, 3.05) is 0 Å². The number of hydrogen-bond acceptors (Lipinski definition) is 1. The second-order valence-corrected chi connectivity index (χ2v) is 11.8. The molecule has 0 saturated carbocycles. The van der Waals surface area contributed by atoms with Crippen LogP contribution in [0.15, 0.2) is 101 Å². The third-order valence-electron chi connectivity index (χ3n) is 9.00. The highest BCUT2D eigenvalue weighted by Gasteiger charge is 2.51. The lowest BCUT2D eigenvalue weighted by molar-refractivity contribution is 0.323. The molecule has 0 N–H and O–H groups in total. The predicted octanol–water partition coefficient (Wildman–Crippen LogP) is 5.61. The fourth-order valence-electron chi connectivity index (χ4n) is 7.38. The van der Waals surface area contributed by atoms with Crippen molar-refractivity contribution in [2.45, 2.75) is 50.4 Å². The van der Waals surface area contributed by atoms with E-state index in [2.05, 4.69) is 122 Å². The maximum Gasteiger partial charge on any atom is 0.208 e. The van der Waals surface area contributed by atoms with E-state index in [1.54, 1.807) is 21.6 Å². The number of fused-ring (bicyclic) bond motifs is 6. The zero-order valence-electron chi connectivity index (χ0n) is 20.2. The van der Waals surface area contributed by atoms with Crippen molar-refractivity contribution in [3.63, 3.8) is 0 Å². The lowest BCUT2D eigenvalue weighted by Gasteiger charge is -2.38. The molecule has 0 amide bonds. The molecule has 34 heavy (non-hydrogen) atoms. The first-order chi connectivity index (χ1) is 16.7. The zero-order chi connectivity index (χ0) is 23.0. The Morgan fingerprint density at radius 2 is 1.59 bits per heavy atom. The van der Waals surface area contributed by atoms with E-state index in [1.165, 1.54) is 22.6 Å². The Hall–Kier alpha value is -2.58. The molecule has 0 aromatic heterocycles. The maximum absolute atomic E-state index is 2.74. The molecule has 170 valence electrons. The molecule has 0 radical (unpaired) electrons. The van der Waals surface area contributed by atoms with Gasteiger partial charge in [-0.1, -0.05) is 80.6 Å². The second kappa shape index (κ2) is 7.71. The molecule has 1 nitrogen and oxygen atoms in total. The van der Waals surface area contributed by atoms with Gasteiger partial charge in [0.25, 0.3) is 0 Å². The van der Waals surface area contributed by atoms with Gasteiger partial charge >= 0.3 is 0 Å². The minimum absolute atomic E-state index is 0.390. The molecule has 0 fully saturated rings. The van der Waals surface area contributed by atoms with E-state index < -0.39 is 0 Å². The highest BCUT2D eigenvalue weighted by molar-refractivity contribution is 8.04. The first kappa shape index (κ1) is 20.8. The van der Waals surface area contributed by atoms with Gasteiger partial charge in [0.1, 0.15) is 0 Å². The molecule has 0 saturated heterocycles. The molecule has 2 aliphatic carbocycles. The van der Waals surface area contributed by atoms with E-state index in [0.717, 1.165) is 0 Å². The molecule has 0 bridgehead atoms. The summed E-state index contributed by atoms with van der Waals surface area (Å²) >= 11 is 2.18. The van der Waals surface area contributed by atoms with Crippen LogP contribution < -0.4 is 15.2 Å². The van der Waals surface area contributed by atoms with Crippen molar-refractivity contribution in [2.24, 2.45) is 17.8 Å². The summed E-state index contributed by atoms with van der Waals surface area (Å²) in [5.41, 5.74) is 6.33. The minimum Gasteiger partial charge on any atom is -0.216 e. The minimum atomic E-state index is 0.390. The quantitative estimate of drug-likeness (QED) is 0.524. The lowest BCUT2D eigenvalue weighted by atomic mass is 9.71. The van der Waals surface area contributed by atoms with Crippen LogP contribution in [0.5, 0.6) is 0 Å². The summed E-state index contributed by atoms with van der Waals surface area (Å²) in [6, 6.07) is 21.0. The van der Waals surface area contributed by atoms with E-state index in [9.17, 15) is 0 Å². The zero-order valence-corrected chi connectivity index (χ0v) is 21.0. The fourth-order valence-corrected chi connectivity index (χ4v) is 9.14. The average Bonchev–Trinajstić information content (AvgIpc) is 3.44. The monoisotopic (exact) mass is 462 g/mol. The van der Waals surface area contributed by atoms with Crippen LogP contribution in [-0.2, 0) is 0 Å². The van der Waals surface area contributed by atoms with Crippen LogP contribution in [0.3, 0.4) is 0 Å². The molecule has 2 aromatic rings. The van der Waals surface area contributed by atoms with Crippen LogP contribution in [0, 0.1) is 17.8 Å². The summed E-state index contributed by atoms with van der Waals surface area (Å²) in [4.78, 5) is 1.62. The Bertz CT molecular complexity index is 1420. The number of rotatable bonds is 2. The number of thioether (sulfide) groups is 1. The van der Waals surface area contributed by atoms with Gasteiger partial charge in [0.05, 0.1) is 0 Å². The molecule has 7 unspecified atom stereocenters. The Morgan fingerprint density at radius 3 is 2.41 bits per heavy atom. The predicted molar refractivity (Wildman–Crippen MR) is 144 cm³/mol. The van der Waals surface area contributed by atoms with E-state index >= 15 is 0 Å². The van der Waals surface area contributed by atoms with Crippen LogP contribution in [0.25, 0.3) is 6.08 Å². The van der Waals surface area contributed by atoms with Gasteiger partial charge in [0.15, 0.2) is 12.1 Å². The van der Waals surface area contributed by atoms with Gasteiger partial charge in [-0.15, -0.1) is 11.8 Å². The summed E-state index contributed by atoms with van der Waals surface area (Å²) in [5.74, 6) is 2.09. The second-order valence-electron chi connectivity index (χ2n) is 10.6. The van der Waals surface area contributed by atoms with Crippen LogP contribution in [0.2, 0.25) is 0 Å². The van der Waals surface area contributed by atoms with Crippen LogP contribution in [-0.4, -0.2) is 17.3 Å². The molecule has 5 aliphatic rings. The van der Waals surface area contributed by atoms with Gasteiger partial charge in [-0.3, -0.25) is 0 Å². The van der Waals surface area contributed by atoms with Gasteiger partial charge < -0.3 is 0 Å². The molecule has 7 rings (SSSR count). The Morgan fingerprint density at radius 1 is 0.853 bits per heavy atom. The number of nitrogens with zero attached hydrogens (tertiary/aromatic N) is 1. The lowest BCUT2D eigenvalue weighted by Crippen LogP contribution is -2.53. The average molecular weight is 463 g/mol. The van der Waals surface area contributed by atoms with E-state index in [0.29, 0.717) is 41.0 Å². The normalized spacial score (nSPS) is 34.9. The summed E-state index contributed by atoms with van der Waals surface area (Å²) in [5, 5.41) is 3.35. The topological polar surface area (TPSA) is 3.01 Å². The molecule has 2 heteroatoms. The Labute approximate surface area is 207 Å². The summed E-state index contributed by atoms with van der Waals surface area (Å²) in [6.07, 6.45) is 13.7. The number of hydrogen-bond donors (Lipinski definition) is 0. The van der Waals surface area contributed by atoms with E-state index in [1.807, 2.05) is 0 Å². The summed E-state index contributed by atoms with van der Waals surface area (Å²) in [7, 11) is 0. The van der Waals surface area contributed by atoms with Gasteiger partial charge in [-0.2, -0.15) is 0 Å². The first-order valence-electron chi connectivity index (χ1n) is 13.0. The van der Waals surface area contributed by atoms with E-state index in [4.69, 9.17) is 0 Å². The maximum atomic E-state index is 2.74. The van der Waals surface area contributed by atoms with Gasteiger partial charge in [-0.25, -0.2) is 4.58 Å². The van der Waals surface area contributed by atoms with Crippen molar-refractivity contribution in [1.82, 2.24) is 4.58 Å². The summed E-state index contributed by atoms with van der Waals surface area (Å²) < 4.78 is 2.74. The first-order valence-corrected chi connectivity index (χ1v) is 13.8. The van der Waals surface area contributed by atoms with Crippen LogP contribution in [0.1, 0.15) is 38.7 Å². The largest absolute Gasteiger partial charge is 0.216 e. The number of benzene rings is 2. The third kappa shape index (κ3) is 2.78. The van der Waals surface area contributed by atoms with Gasteiger partial charge in [-0.05, 0) is 46.9 Å². The number of allylic oxidation sites excluding steroid dienone is 6. The van der Waals surface area contributed by atoms with Crippen LogP contribution in [0.4, 0.5) is 0 Å². The Balaban J connectivity index is 1.32.